The normalized spacial score (nSPS) is 29.6. The van der Waals surface area contributed by atoms with E-state index in [2.05, 4.69) is 32.7 Å². The Morgan fingerprint density at radius 1 is 0.906 bits per heavy atom. The zero-order chi connectivity index (χ0) is 22.0. The topological polar surface area (TPSA) is 79.3 Å². The predicted molar refractivity (Wildman–Crippen MR) is 123 cm³/mol. The van der Waals surface area contributed by atoms with Crippen LogP contribution in [0.2, 0.25) is 0 Å². The van der Waals surface area contributed by atoms with Gasteiger partial charge in [-0.3, -0.25) is 9.59 Å². The Bertz CT molecular complexity index is 825. The van der Waals surface area contributed by atoms with E-state index in [0.717, 1.165) is 51.7 Å². The molecule has 2 amide bonds. The molecule has 1 saturated heterocycles. The Balaban J connectivity index is 1.12. The van der Waals surface area contributed by atoms with Crippen LogP contribution in [0.4, 0.5) is 0 Å². The van der Waals surface area contributed by atoms with Gasteiger partial charge in [-0.2, -0.15) is 0 Å². The van der Waals surface area contributed by atoms with Gasteiger partial charge in [0.1, 0.15) is 0 Å². The average molecular weight is 440 g/mol. The molecule has 2 saturated carbocycles. The molecule has 2 heterocycles. The number of aromatic nitrogens is 2. The lowest BCUT2D eigenvalue weighted by Gasteiger charge is -2.26. The van der Waals surface area contributed by atoms with Crippen molar-refractivity contribution in [3.63, 3.8) is 0 Å². The smallest absolute Gasteiger partial charge is 0.224 e. The van der Waals surface area contributed by atoms with Gasteiger partial charge in [0.25, 0.3) is 0 Å². The number of unbranched alkanes of at least 4 members (excludes halogenated alkanes) is 1. The lowest BCUT2D eigenvalue weighted by molar-refractivity contribution is -0.135. The Morgan fingerprint density at radius 3 is 2.16 bits per heavy atom. The molecule has 32 heavy (non-hydrogen) atoms. The first kappa shape index (κ1) is 21.7. The second kappa shape index (κ2) is 9.38. The summed E-state index contributed by atoms with van der Waals surface area (Å²) in [6.45, 7) is 5.78. The molecular formula is C25H37N5O2. The number of rotatable bonds is 11. The van der Waals surface area contributed by atoms with E-state index in [1.165, 1.54) is 25.9 Å². The van der Waals surface area contributed by atoms with Gasteiger partial charge in [0, 0.05) is 32.0 Å². The van der Waals surface area contributed by atoms with Crippen molar-refractivity contribution in [2.75, 3.05) is 32.7 Å². The van der Waals surface area contributed by atoms with Crippen LogP contribution >= 0.6 is 0 Å². The van der Waals surface area contributed by atoms with Gasteiger partial charge in [0.2, 0.25) is 11.8 Å². The van der Waals surface area contributed by atoms with Crippen molar-refractivity contribution in [1.29, 1.82) is 0 Å². The molecule has 3 fully saturated rings. The summed E-state index contributed by atoms with van der Waals surface area (Å²) in [4.78, 5) is 33.0. The van der Waals surface area contributed by atoms with Crippen molar-refractivity contribution < 1.29 is 9.59 Å². The number of allylic oxidation sites excluding steroid dienone is 2. The van der Waals surface area contributed by atoms with Crippen LogP contribution in [0.3, 0.4) is 0 Å². The summed E-state index contributed by atoms with van der Waals surface area (Å²) in [7, 11) is 0. The van der Waals surface area contributed by atoms with Crippen LogP contribution in [0.15, 0.2) is 30.9 Å². The van der Waals surface area contributed by atoms with Gasteiger partial charge >= 0.3 is 0 Å². The molecule has 4 atom stereocenters. The number of nitrogens with zero attached hydrogens (tertiary/aromatic N) is 3. The van der Waals surface area contributed by atoms with Crippen molar-refractivity contribution >= 4 is 11.8 Å². The van der Waals surface area contributed by atoms with Crippen molar-refractivity contribution in [2.24, 2.45) is 29.1 Å². The van der Waals surface area contributed by atoms with Gasteiger partial charge in [-0.1, -0.05) is 12.2 Å². The molecule has 0 aromatic carbocycles. The quantitative estimate of drug-likeness (QED) is 0.409. The zero-order valence-corrected chi connectivity index (χ0v) is 19.0. The first-order valence-electron chi connectivity index (χ1n) is 12.6. The molecule has 2 N–H and O–H groups in total. The first-order chi connectivity index (χ1) is 15.7. The number of amides is 2. The fourth-order valence-electron chi connectivity index (χ4n) is 6.52. The highest BCUT2D eigenvalue weighted by Crippen LogP contribution is 2.72. The number of likely N-dealkylation sites (tertiary alicyclic amines) is 1. The summed E-state index contributed by atoms with van der Waals surface area (Å²) in [6, 6.07) is 0. The van der Waals surface area contributed by atoms with Crippen LogP contribution in [0.1, 0.15) is 44.9 Å². The molecule has 2 bridgehead atoms. The number of imidazole rings is 1. The van der Waals surface area contributed by atoms with Gasteiger partial charge in [-0.25, -0.2) is 4.98 Å². The first-order valence-corrected chi connectivity index (χ1v) is 12.6. The number of carbonyl (C=O) groups is 2. The number of hydrogen-bond donors (Lipinski definition) is 2. The Morgan fingerprint density at radius 2 is 1.56 bits per heavy atom. The monoisotopic (exact) mass is 439 g/mol. The highest BCUT2D eigenvalue weighted by molar-refractivity contribution is 5.90. The van der Waals surface area contributed by atoms with Crippen LogP contribution in [-0.4, -0.2) is 59.0 Å². The molecule has 0 radical (unpaired) electrons. The molecule has 174 valence electrons. The molecule has 7 heteroatoms. The van der Waals surface area contributed by atoms with E-state index >= 15 is 0 Å². The summed E-state index contributed by atoms with van der Waals surface area (Å²) < 4.78 is 2.02. The SMILES string of the molecule is O=C(NCCCCN1CCCC1)[C@H]1[C@H](C(=O)NCCCn2ccnc2)[C@H]2C=C[C@H]1C21CC1. The number of nitrogens with one attached hydrogen (secondary N) is 2. The molecule has 1 aromatic heterocycles. The maximum Gasteiger partial charge on any atom is 0.224 e. The Hall–Kier alpha value is -2.15. The maximum absolute atomic E-state index is 13.2. The maximum atomic E-state index is 13.2. The van der Waals surface area contributed by atoms with E-state index in [1.54, 1.807) is 12.5 Å². The van der Waals surface area contributed by atoms with Gasteiger partial charge in [0.05, 0.1) is 18.2 Å². The molecule has 0 unspecified atom stereocenters. The minimum atomic E-state index is -0.217. The minimum Gasteiger partial charge on any atom is -0.356 e. The molecular weight excluding hydrogens is 402 g/mol. The summed E-state index contributed by atoms with van der Waals surface area (Å²) in [5.41, 5.74) is 0.191. The van der Waals surface area contributed by atoms with Gasteiger partial charge in [-0.05, 0) is 81.8 Å². The minimum absolute atomic E-state index is 0.0629. The van der Waals surface area contributed by atoms with E-state index in [9.17, 15) is 9.59 Å². The Kier molecular flexibility index (Phi) is 6.35. The van der Waals surface area contributed by atoms with E-state index in [4.69, 9.17) is 0 Å². The summed E-state index contributed by atoms with van der Waals surface area (Å²) in [6.07, 6.45) is 17.9. The third-order valence-corrected chi connectivity index (χ3v) is 8.30. The lowest BCUT2D eigenvalue weighted by atomic mass is 9.81. The molecule has 1 aliphatic heterocycles. The fourth-order valence-corrected chi connectivity index (χ4v) is 6.52. The van der Waals surface area contributed by atoms with Crippen LogP contribution < -0.4 is 10.6 Å². The van der Waals surface area contributed by atoms with Crippen molar-refractivity contribution in [3.8, 4) is 0 Å². The molecule has 1 spiro atoms. The van der Waals surface area contributed by atoms with E-state index < -0.39 is 0 Å². The highest BCUT2D eigenvalue weighted by atomic mass is 16.2. The van der Waals surface area contributed by atoms with Crippen LogP contribution in [0, 0.1) is 29.1 Å². The number of hydrogen-bond acceptors (Lipinski definition) is 4. The van der Waals surface area contributed by atoms with E-state index in [0.29, 0.717) is 6.54 Å². The summed E-state index contributed by atoms with van der Waals surface area (Å²) >= 11 is 0. The predicted octanol–water partition coefficient (Wildman–Crippen LogP) is 2.21. The average Bonchev–Trinajstić information content (AvgIpc) is 3.18. The molecule has 5 rings (SSSR count). The van der Waals surface area contributed by atoms with Crippen LogP contribution in [0.25, 0.3) is 0 Å². The van der Waals surface area contributed by atoms with Crippen molar-refractivity contribution in [1.82, 2.24) is 25.1 Å². The van der Waals surface area contributed by atoms with Crippen LogP contribution in [-0.2, 0) is 16.1 Å². The number of carbonyl (C=O) groups excluding carboxylic acids is 2. The molecule has 4 aliphatic rings. The van der Waals surface area contributed by atoms with E-state index in [-0.39, 0.29) is 40.9 Å². The molecule has 7 nitrogen and oxygen atoms in total. The fraction of sp³-hybridized carbons (Fsp3) is 0.720. The lowest BCUT2D eigenvalue weighted by Crippen LogP contribution is -2.44. The van der Waals surface area contributed by atoms with Crippen molar-refractivity contribution in [2.45, 2.75) is 51.5 Å². The van der Waals surface area contributed by atoms with Gasteiger partial charge in [-0.15, -0.1) is 0 Å². The molecule has 1 aromatic rings. The Labute approximate surface area is 191 Å². The standard InChI is InChI=1S/C25H37N5O2/c31-23(27-10-1-2-13-29-14-3-4-15-29)21-19-6-7-20(25(19)8-9-25)22(21)24(32)28-11-5-16-30-17-12-26-18-30/h6-7,12,17-22H,1-5,8-11,13-16H2,(H,27,31)(H,28,32)/t19-,20-,21-,22-/m1/s1. The number of aryl methyl sites for hydroxylation is 1. The second-order valence-electron chi connectivity index (χ2n) is 10.2. The molecule has 3 aliphatic carbocycles. The summed E-state index contributed by atoms with van der Waals surface area (Å²) in [5, 5.41) is 6.33. The van der Waals surface area contributed by atoms with Gasteiger partial charge in [0.15, 0.2) is 0 Å². The van der Waals surface area contributed by atoms with E-state index in [1.807, 2.05) is 10.8 Å². The van der Waals surface area contributed by atoms with Crippen molar-refractivity contribution in [3.05, 3.63) is 30.9 Å². The largest absolute Gasteiger partial charge is 0.356 e. The zero-order valence-electron chi connectivity index (χ0n) is 19.0. The third-order valence-electron chi connectivity index (χ3n) is 8.30. The summed E-state index contributed by atoms with van der Waals surface area (Å²) in [5.74, 6) is 0.191. The second-order valence-corrected chi connectivity index (χ2v) is 10.2. The van der Waals surface area contributed by atoms with Gasteiger partial charge < -0.3 is 20.1 Å². The highest BCUT2D eigenvalue weighted by Gasteiger charge is 2.69. The third kappa shape index (κ3) is 4.24. The van der Waals surface area contributed by atoms with Crippen LogP contribution in [0.5, 0.6) is 0 Å².